The average molecular weight is 294 g/mol. The van der Waals surface area contributed by atoms with Crippen LogP contribution in [-0.4, -0.2) is 23.2 Å². The molecule has 0 radical (unpaired) electrons. The van der Waals surface area contributed by atoms with Gasteiger partial charge in [-0.3, -0.25) is 0 Å². The highest BCUT2D eigenvalue weighted by Gasteiger charge is 2.25. The van der Waals surface area contributed by atoms with Crippen LogP contribution >= 0.6 is 11.6 Å². The van der Waals surface area contributed by atoms with Crippen LogP contribution in [0.1, 0.15) is 26.7 Å². The van der Waals surface area contributed by atoms with E-state index in [1.54, 1.807) is 0 Å². The second kappa shape index (κ2) is 5.94. The van der Waals surface area contributed by atoms with Crippen molar-refractivity contribution in [2.75, 3.05) is 7.05 Å². The van der Waals surface area contributed by atoms with Crippen molar-refractivity contribution >= 4 is 11.6 Å². The third-order valence-corrected chi connectivity index (χ3v) is 3.56. The maximum atomic E-state index is 5.97. The minimum Gasteiger partial charge on any atom is -0.339 e. The Hall–Kier alpha value is -1.39. The summed E-state index contributed by atoms with van der Waals surface area (Å²) in [4.78, 5) is 4.45. The molecular formula is C15H20ClN3O. The Bertz CT molecular complexity index is 574. The number of benzene rings is 1. The monoisotopic (exact) mass is 293 g/mol. The topological polar surface area (TPSA) is 51.0 Å². The summed E-state index contributed by atoms with van der Waals surface area (Å²) >= 11 is 5.97. The lowest BCUT2D eigenvalue weighted by molar-refractivity contribution is 0.255. The highest BCUT2D eigenvalue weighted by molar-refractivity contribution is 6.30. The normalized spacial score (nSPS) is 13.4. The second-order valence-corrected chi connectivity index (χ2v) is 6.37. The zero-order valence-electron chi connectivity index (χ0n) is 12.3. The van der Waals surface area contributed by atoms with Crippen molar-refractivity contribution in [2.45, 2.75) is 33.2 Å². The lowest BCUT2D eigenvalue weighted by Crippen LogP contribution is -2.39. The van der Waals surface area contributed by atoms with Crippen LogP contribution in [0.15, 0.2) is 28.8 Å². The summed E-state index contributed by atoms with van der Waals surface area (Å²) in [5.74, 6) is 1.21. The average Bonchev–Trinajstić information content (AvgIpc) is 2.83. The van der Waals surface area contributed by atoms with Crippen molar-refractivity contribution in [1.82, 2.24) is 15.5 Å². The fourth-order valence-corrected chi connectivity index (χ4v) is 2.29. The SMILES string of the molecule is CNC(Cc1nc(-c2cccc(Cl)c2)no1)C(C)(C)C. The molecule has 0 saturated heterocycles. The van der Waals surface area contributed by atoms with E-state index >= 15 is 0 Å². The van der Waals surface area contributed by atoms with E-state index in [0.717, 1.165) is 5.56 Å². The third kappa shape index (κ3) is 3.58. The van der Waals surface area contributed by atoms with Gasteiger partial charge in [0.15, 0.2) is 0 Å². The molecule has 2 rings (SSSR count). The lowest BCUT2D eigenvalue weighted by Gasteiger charge is -2.29. The molecule has 0 bridgehead atoms. The van der Waals surface area contributed by atoms with Gasteiger partial charge in [0.05, 0.1) is 0 Å². The van der Waals surface area contributed by atoms with Crippen LogP contribution in [0.2, 0.25) is 5.02 Å². The van der Waals surface area contributed by atoms with Gasteiger partial charge in [-0.1, -0.05) is 49.7 Å². The predicted molar refractivity (Wildman–Crippen MR) is 80.8 cm³/mol. The molecule has 108 valence electrons. The van der Waals surface area contributed by atoms with Gasteiger partial charge in [0.25, 0.3) is 0 Å². The summed E-state index contributed by atoms with van der Waals surface area (Å²) in [5.41, 5.74) is 0.990. The first-order valence-electron chi connectivity index (χ1n) is 6.66. The summed E-state index contributed by atoms with van der Waals surface area (Å²) < 4.78 is 5.34. The molecule has 0 aliphatic rings. The van der Waals surface area contributed by atoms with Gasteiger partial charge in [-0.25, -0.2) is 0 Å². The Morgan fingerprint density at radius 1 is 1.35 bits per heavy atom. The van der Waals surface area contributed by atoms with Crippen molar-refractivity contribution in [1.29, 1.82) is 0 Å². The van der Waals surface area contributed by atoms with E-state index in [1.165, 1.54) is 0 Å². The molecule has 0 aliphatic carbocycles. The number of hydrogen-bond donors (Lipinski definition) is 1. The van der Waals surface area contributed by atoms with Gasteiger partial charge in [-0.2, -0.15) is 4.98 Å². The van der Waals surface area contributed by atoms with E-state index < -0.39 is 0 Å². The molecule has 4 nitrogen and oxygen atoms in total. The van der Waals surface area contributed by atoms with Gasteiger partial charge in [0.2, 0.25) is 11.7 Å². The van der Waals surface area contributed by atoms with Crippen molar-refractivity contribution < 1.29 is 4.52 Å². The summed E-state index contributed by atoms with van der Waals surface area (Å²) in [6.45, 7) is 6.55. The largest absolute Gasteiger partial charge is 0.339 e. The maximum Gasteiger partial charge on any atom is 0.228 e. The Morgan fingerprint density at radius 3 is 2.70 bits per heavy atom. The molecule has 1 N–H and O–H groups in total. The summed E-state index contributed by atoms with van der Waals surface area (Å²) in [7, 11) is 1.95. The molecule has 0 saturated carbocycles. The van der Waals surface area contributed by atoms with Crippen LogP contribution in [0.5, 0.6) is 0 Å². The molecule has 0 fully saturated rings. The van der Waals surface area contributed by atoms with Crippen LogP contribution < -0.4 is 5.32 Å². The van der Waals surface area contributed by atoms with Crippen LogP contribution in [0.3, 0.4) is 0 Å². The van der Waals surface area contributed by atoms with E-state index in [9.17, 15) is 0 Å². The van der Waals surface area contributed by atoms with E-state index in [4.69, 9.17) is 16.1 Å². The lowest BCUT2D eigenvalue weighted by atomic mass is 9.85. The molecule has 20 heavy (non-hydrogen) atoms. The third-order valence-electron chi connectivity index (χ3n) is 3.32. The minimum atomic E-state index is 0.124. The number of nitrogens with one attached hydrogen (secondary N) is 1. The zero-order valence-corrected chi connectivity index (χ0v) is 13.0. The first-order chi connectivity index (χ1) is 9.40. The number of nitrogens with zero attached hydrogens (tertiary/aromatic N) is 2. The van der Waals surface area contributed by atoms with Gasteiger partial charge in [0.1, 0.15) is 0 Å². The molecule has 0 spiro atoms. The van der Waals surface area contributed by atoms with Gasteiger partial charge >= 0.3 is 0 Å². The fourth-order valence-electron chi connectivity index (χ4n) is 2.10. The van der Waals surface area contributed by atoms with Gasteiger partial charge in [0, 0.05) is 23.0 Å². The first-order valence-corrected chi connectivity index (χ1v) is 7.03. The second-order valence-electron chi connectivity index (χ2n) is 5.93. The summed E-state index contributed by atoms with van der Waals surface area (Å²) in [6, 6.07) is 7.72. The van der Waals surface area contributed by atoms with Crippen molar-refractivity contribution in [3.8, 4) is 11.4 Å². The van der Waals surface area contributed by atoms with E-state index in [-0.39, 0.29) is 11.5 Å². The summed E-state index contributed by atoms with van der Waals surface area (Å²) in [6.07, 6.45) is 0.702. The van der Waals surface area contributed by atoms with Gasteiger partial charge in [-0.05, 0) is 24.6 Å². The predicted octanol–water partition coefficient (Wildman–Crippen LogP) is 3.57. The number of hydrogen-bond acceptors (Lipinski definition) is 4. The number of aromatic nitrogens is 2. The van der Waals surface area contributed by atoms with Crippen molar-refractivity contribution in [3.63, 3.8) is 0 Å². The quantitative estimate of drug-likeness (QED) is 0.936. The Morgan fingerprint density at radius 2 is 2.10 bits per heavy atom. The molecule has 1 heterocycles. The minimum absolute atomic E-state index is 0.124. The molecule has 2 aromatic rings. The molecule has 5 heteroatoms. The highest BCUT2D eigenvalue weighted by Crippen LogP contribution is 2.24. The first kappa shape index (κ1) is 15.0. The Balaban J connectivity index is 2.17. The summed E-state index contributed by atoms with van der Waals surface area (Å²) in [5, 5.41) is 7.99. The molecule has 0 amide bonds. The van der Waals surface area contributed by atoms with E-state index in [0.29, 0.717) is 23.2 Å². The molecular weight excluding hydrogens is 274 g/mol. The zero-order chi connectivity index (χ0) is 14.8. The maximum absolute atomic E-state index is 5.97. The Labute approximate surface area is 124 Å². The fraction of sp³-hybridized carbons (Fsp3) is 0.467. The number of likely N-dealkylation sites (N-methyl/N-ethyl adjacent to an activating group) is 1. The van der Waals surface area contributed by atoms with Crippen LogP contribution in [0.4, 0.5) is 0 Å². The van der Waals surface area contributed by atoms with Crippen LogP contribution in [0.25, 0.3) is 11.4 Å². The van der Waals surface area contributed by atoms with E-state index in [2.05, 4.69) is 36.2 Å². The molecule has 0 aliphatic heterocycles. The highest BCUT2D eigenvalue weighted by atomic mass is 35.5. The van der Waals surface area contributed by atoms with E-state index in [1.807, 2.05) is 31.3 Å². The molecule has 1 aromatic carbocycles. The Kier molecular flexibility index (Phi) is 4.45. The van der Waals surface area contributed by atoms with Gasteiger partial charge < -0.3 is 9.84 Å². The number of rotatable bonds is 4. The van der Waals surface area contributed by atoms with Crippen molar-refractivity contribution in [2.24, 2.45) is 5.41 Å². The van der Waals surface area contributed by atoms with Crippen molar-refractivity contribution in [3.05, 3.63) is 35.2 Å². The molecule has 1 aromatic heterocycles. The molecule has 1 unspecified atom stereocenters. The smallest absolute Gasteiger partial charge is 0.228 e. The standard InChI is InChI=1S/C15H20ClN3O/c1-15(2,3)12(17-4)9-13-18-14(19-20-13)10-6-5-7-11(16)8-10/h5-8,12,17H,9H2,1-4H3. The van der Waals surface area contributed by atoms with Crippen LogP contribution in [0, 0.1) is 5.41 Å². The molecule has 1 atom stereocenters. The van der Waals surface area contributed by atoms with Crippen LogP contribution in [-0.2, 0) is 6.42 Å². The number of halogens is 1. The van der Waals surface area contributed by atoms with Gasteiger partial charge in [-0.15, -0.1) is 0 Å².